The number of carbonyl (C=O) groups is 3. The molecular formula is C22H24F3N3O4. The molecule has 0 fully saturated rings. The molecule has 10 heteroatoms. The normalized spacial score (nSPS) is 10.9. The molecule has 2 rings (SSSR count). The SMILES string of the molecule is CCOC(=O)CN(Cc1ccc(C(F)(F)F)cc1)C(=O)CCNC(=O)Nc1ccccc1. The standard InChI is InChI=1S/C22H24F3N3O4/c1-2-32-20(30)15-28(14-16-8-10-17(11-9-16)22(23,24)25)19(29)12-13-26-21(31)27-18-6-4-3-5-7-18/h3-11H,2,12-15H2,1H3,(H2,26,27,31). The summed E-state index contributed by atoms with van der Waals surface area (Å²) in [5.41, 5.74) is 0.200. The van der Waals surface area contributed by atoms with Gasteiger partial charge in [-0.1, -0.05) is 30.3 Å². The number of carbonyl (C=O) groups excluding carboxylic acids is 3. The van der Waals surface area contributed by atoms with Crippen molar-refractivity contribution < 1.29 is 32.3 Å². The molecule has 0 aliphatic rings. The van der Waals surface area contributed by atoms with Gasteiger partial charge in [0, 0.05) is 25.2 Å². The highest BCUT2D eigenvalue weighted by atomic mass is 19.4. The van der Waals surface area contributed by atoms with Crippen molar-refractivity contribution in [2.45, 2.75) is 26.1 Å². The van der Waals surface area contributed by atoms with Crippen LogP contribution in [0.15, 0.2) is 54.6 Å². The van der Waals surface area contributed by atoms with E-state index in [1.165, 1.54) is 17.0 Å². The van der Waals surface area contributed by atoms with Crippen LogP contribution in [0.5, 0.6) is 0 Å². The maximum absolute atomic E-state index is 12.7. The van der Waals surface area contributed by atoms with Crippen LogP contribution in [0.25, 0.3) is 0 Å². The average Bonchev–Trinajstić information content (AvgIpc) is 2.74. The molecule has 0 aliphatic carbocycles. The second-order valence-electron chi connectivity index (χ2n) is 6.75. The van der Waals surface area contributed by atoms with E-state index in [-0.39, 0.29) is 32.7 Å². The van der Waals surface area contributed by atoms with Gasteiger partial charge in [0.25, 0.3) is 0 Å². The molecule has 7 nitrogen and oxygen atoms in total. The average molecular weight is 451 g/mol. The minimum Gasteiger partial charge on any atom is -0.465 e. The first-order valence-electron chi connectivity index (χ1n) is 9.88. The van der Waals surface area contributed by atoms with Gasteiger partial charge < -0.3 is 20.3 Å². The Balaban J connectivity index is 1.95. The maximum Gasteiger partial charge on any atom is 0.416 e. The molecule has 0 unspecified atom stereocenters. The second kappa shape index (κ2) is 11.7. The molecule has 0 atom stereocenters. The van der Waals surface area contributed by atoms with E-state index < -0.39 is 29.6 Å². The quantitative estimate of drug-likeness (QED) is 0.568. The number of rotatable bonds is 9. The number of hydrogen-bond acceptors (Lipinski definition) is 4. The van der Waals surface area contributed by atoms with Gasteiger partial charge in [-0.25, -0.2) is 4.79 Å². The molecule has 2 aromatic carbocycles. The Kier molecular flexibility index (Phi) is 9.06. The third kappa shape index (κ3) is 8.29. The van der Waals surface area contributed by atoms with Crippen molar-refractivity contribution in [2.75, 3.05) is 25.0 Å². The van der Waals surface area contributed by atoms with Crippen LogP contribution in [0.2, 0.25) is 0 Å². The molecule has 3 amide bonds. The first-order valence-corrected chi connectivity index (χ1v) is 9.88. The van der Waals surface area contributed by atoms with Crippen LogP contribution in [0, 0.1) is 0 Å². The molecule has 0 radical (unpaired) electrons. The zero-order valence-corrected chi connectivity index (χ0v) is 17.4. The smallest absolute Gasteiger partial charge is 0.416 e. The van der Waals surface area contributed by atoms with Crippen molar-refractivity contribution >= 4 is 23.6 Å². The Labute approximate surface area is 183 Å². The van der Waals surface area contributed by atoms with E-state index in [9.17, 15) is 27.6 Å². The fourth-order valence-electron chi connectivity index (χ4n) is 2.75. The molecule has 0 aromatic heterocycles. The minimum absolute atomic E-state index is 0.00381. The number of anilines is 1. The lowest BCUT2D eigenvalue weighted by atomic mass is 10.1. The van der Waals surface area contributed by atoms with Gasteiger partial charge in [-0.2, -0.15) is 13.2 Å². The Bertz CT molecular complexity index is 903. The number of ether oxygens (including phenoxy) is 1. The lowest BCUT2D eigenvalue weighted by molar-refractivity contribution is -0.149. The Morgan fingerprint density at radius 1 is 1.00 bits per heavy atom. The van der Waals surface area contributed by atoms with E-state index in [4.69, 9.17) is 4.74 Å². The number of nitrogens with one attached hydrogen (secondary N) is 2. The summed E-state index contributed by atoms with van der Waals surface area (Å²) in [4.78, 5) is 37.6. The van der Waals surface area contributed by atoms with Crippen LogP contribution in [-0.2, 0) is 27.0 Å². The third-order valence-electron chi connectivity index (χ3n) is 4.29. The van der Waals surface area contributed by atoms with E-state index in [0.717, 1.165) is 12.1 Å². The van der Waals surface area contributed by atoms with Crippen LogP contribution in [-0.4, -0.2) is 42.5 Å². The molecule has 172 valence electrons. The van der Waals surface area contributed by atoms with E-state index in [0.29, 0.717) is 11.3 Å². The van der Waals surface area contributed by atoms with Crippen LogP contribution in [0.1, 0.15) is 24.5 Å². The van der Waals surface area contributed by atoms with Crippen LogP contribution < -0.4 is 10.6 Å². The summed E-state index contributed by atoms with van der Waals surface area (Å²) in [5.74, 6) is -1.10. The molecule has 0 heterocycles. The highest BCUT2D eigenvalue weighted by molar-refractivity contribution is 5.89. The number of alkyl halides is 3. The monoisotopic (exact) mass is 451 g/mol. The summed E-state index contributed by atoms with van der Waals surface area (Å²) in [7, 11) is 0. The highest BCUT2D eigenvalue weighted by Gasteiger charge is 2.30. The summed E-state index contributed by atoms with van der Waals surface area (Å²) < 4.78 is 43.1. The van der Waals surface area contributed by atoms with Gasteiger partial charge >= 0.3 is 18.2 Å². The molecule has 0 saturated heterocycles. The summed E-state index contributed by atoms with van der Waals surface area (Å²) in [6.45, 7) is 1.32. The number of para-hydroxylation sites is 1. The predicted molar refractivity (Wildman–Crippen MR) is 112 cm³/mol. The number of benzene rings is 2. The molecule has 0 aliphatic heterocycles. The van der Waals surface area contributed by atoms with Gasteiger partial charge in [0.2, 0.25) is 5.91 Å². The topological polar surface area (TPSA) is 87.7 Å². The van der Waals surface area contributed by atoms with E-state index in [1.54, 1.807) is 37.3 Å². The van der Waals surface area contributed by atoms with Gasteiger partial charge in [0.15, 0.2) is 0 Å². The third-order valence-corrected chi connectivity index (χ3v) is 4.29. The molecule has 2 N–H and O–H groups in total. The lowest BCUT2D eigenvalue weighted by Gasteiger charge is -2.22. The lowest BCUT2D eigenvalue weighted by Crippen LogP contribution is -2.38. The van der Waals surface area contributed by atoms with Crippen molar-refractivity contribution in [3.05, 3.63) is 65.7 Å². The van der Waals surface area contributed by atoms with Gasteiger partial charge in [-0.15, -0.1) is 0 Å². The maximum atomic E-state index is 12.7. The van der Waals surface area contributed by atoms with E-state index in [2.05, 4.69) is 10.6 Å². The number of esters is 1. The first-order chi connectivity index (χ1) is 15.2. The van der Waals surface area contributed by atoms with Crippen molar-refractivity contribution in [3.63, 3.8) is 0 Å². The zero-order chi connectivity index (χ0) is 23.6. The number of amides is 3. The summed E-state index contributed by atoms with van der Waals surface area (Å²) >= 11 is 0. The number of urea groups is 1. The van der Waals surface area contributed by atoms with Crippen LogP contribution >= 0.6 is 0 Å². The Morgan fingerprint density at radius 2 is 1.66 bits per heavy atom. The number of hydrogen-bond donors (Lipinski definition) is 2. The van der Waals surface area contributed by atoms with Gasteiger partial charge in [-0.3, -0.25) is 9.59 Å². The van der Waals surface area contributed by atoms with Crippen molar-refractivity contribution in [3.8, 4) is 0 Å². The predicted octanol–water partition coefficient (Wildman–Crippen LogP) is 3.81. The van der Waals surface area contributed by atoms with Crippen molar-refractivity contribution in [1.29, 1.82) is 0 Å². The molecule has 0 spiro atoms. The van der Waals surface area contributed by atoms with E-state index >= 15 is 0 Å². The Hall–Kier alpha value is -3.56. The summed E-state index contributed by atoms with van der Waals surface area (Å²) in [5, 5.41) is 5.15. The van der Waals surface area contributed by atoms with Crippen LogP contribution in [0.3, 0.4) is 0 Å². The van der Waals surface area contributed by atoms with Crippen molar-refractivity contribution in [1.82, 2.24) is 10.2 Å². The van der Waals surface area contributed by atoms with Gasteiger partial charge in [0.1, 0.15) is 6.54 Å². The van der Waals surface area contributed by atoms with Crippen molar-refractivity contribution in [2.24, 2.45) is 0 Å². The summed E-state index contributed by atoms with van der Waals surface area (Å²) in [6.07, 6.45) is -4.58. The largest absolute Gasteiger partial charge is 0.465 e. The second-order valence-corrected chi connectivity index (χ2v) is 6.75. The van der Waals surface area contributed by atoms with Gasteiger partial charge in [0.05, 0.1) is 12.2 Å². The Morgan fingerprint density at radius 3 is 2.25 bits per heavy atom. The van der Waals surface area contributed by atoms with E-state index in [1.807, 2.05) is 0 Å². The fourth-order valence-corrected chi connectivity index (χ4v) is 2.75. The molecular weight excluding hydrogens is 427 g/mol. The molecule has 32 heavy (non-hydrogen) atoms. The molecule has 0 bridgehead atoms. The minimum atomic E-state index is -4.47. The fraction of sp³-hybridized carbons (Fsp3) is 0.318. The number of halogens is 3. The zero-order valence-electron chi connectivity index (χ0n) is 17.4. The van der Waals surface area contributed by atoms with Gasteiger partial charge in [-0.05, 0) is 36.8 Å². The van der Waals surface area contributed by atoms with Crippen LogP contribution in [0.4, 0.5) is 23.7 Å². The molecule has 0 saturated carbocycles. The molecule has 2 aromatic rings. The highest BCUT2D eigenvalue weighted by Crippen LogP contribution is 2.29. The number of nitrogens with zero attached hydrogens (tertiary/aromatic N) is 1. The summed E-state index contributed by atoms with van der Waals surface area (Å²) in [6, 6.07) is 12.6. The first kappa shape index (κ1) is 24.7.